The van der Waals surface area contributed by atoms with E-state index in [2.05, 4.69) is 30.4 Å². The summed E-state index contributed by atoms with van der Waals surface area (Å²) in [6.07, 6.45) is 3.22. The maximum Gasteiger partial charge on any atom is 0.296 e. The van der Waals surface area contributed by atoms with Crippen LogP contribution in [0.3, 0.4) is 0 Å². The number of aryl methyl sites for hydroxylation is 1. The maximum atomic E-state index is 15.3. The minimum absolute atomic E-state index is 0.0159. The number of hydrogen-bond donors (Lipinski definition) is 1. The minimum atomic E-state index is -3.06. The highest BCUT2D eigenvalue weighted by atomic mass is 19.3. The molecule has 1 fully saturated rings. The van der Waals surface area contributed by atoms with Gasteiger partial charge in [0.25, 0.3) is 5.92 Å². The monoisotopic (exact) mass is 576 g/mol. The van der Waals surface area contributed by atoms with Gasteiger partial charge in [-0.15, -0.1) is 0 Å². The van der Waals surface area contributed by atoms with Crippen molar-refractivity contribution in [3.8, 4) is 23.1 Å². The van der Waals surface area contributed by atoms with Crippen molar-refractivity contribution in [2.75, 3.05) is 25.5 Å². The second-order valence-corrected chi connectivity index (χ2v) is 10.4. The molecule has 11 nitrogen and oxygen atoms in total. The Morgan fingerprint density at radius 3 is 2.62 bits per heavy atom. The van der Waals surface area contributed by atoms with Crippen LogP contribution in [0.4, 0.5) is 20.3 Å². The molecule has 1 aliphatic heterocycles. The van der Waals surface area contributed by atoms with Crippen LogP contribution in [0.2, 0.25) is 0 Å². The summed E-state index contributed by atoms with van der Waals surface area (Å²) < 4.78 is 49.7. The number of alkyl halides is 2. The van der Waals surface area contributed by atoms with Gasteiger partial charge in [0.2, 0.25) is 5.88 Å². The first-order valence-corrected chi connectivity index (χ1v) is 13.5. The highest BCUT2D eigenvalue weighted by Gasteiger charge is 2.47. The Hall–Kier alpha value is -4.65. The Balaban J connectivity index is 1.29. The van der Waals surface area contributed by atoms with Crippen LogP contribution in [0.1, 0.15) is 25.8 Å². The molecule has 1 atom stereocenters. The Bertz CT molecular complexity index is 1750. The molecule has 4 heterocycles. The normalized spacial score (nSPS) is 17.1. The van der Waals surface area contributed by atoms with Crippen molar-refractivity contribution in [2.45, 2.75) is 45.3 Å². The van der Waals surface area contributed by atoms with E-state index >= 15 is 8.78 Å². The van der Waals surface area contributed by atoms with E-state index in [1.165, 1.54) is 26.1 Å². The summed E-state index contributed by atoms with van der Waals surface area (Å²) in [6, 6.07) is 10.6. The number of aromatic nitrogens is 6. The average Bonchev–Trinajstić information content (AvgIpc) is 3.43. The number of rotatable bonds is 8. The van der Waals surface area contributed by atoms with Gasteiger partial charge in [0.05, 0.1) is 24.6 Å². The minimum Gasteiger partial charge on any atom is -0.493 e. The number of nitrogens with one attached hydrogen (secondary N) is 1. The summed E-state index contributed by atoms with van der Waals surface area (Å²) in [6.45, 7) is 5.85. The van der Waals surface area contributed by atoms with E-state index in [4.69, 9.17) is 14.2 Å². The van der Waals surface area contributed by atoms with Crippen molar-refractivity contribution in [2.24, 2.45) is 0 Å². The van der Waals surface area contributed by atoms with Gasteiger partial charge in [0.15, 0.2) is 23.3 Å². The standard InChI is InChI=1S/C29H30F2N8O3/c1-17(2)38-10-9-23(29(30,31)13-38)42-27-22(40-4)8-6-20-26(27)28(34-14-32-20)37-19-5-7-21(18(3)11-19)41-25-12-24-33-15-36-39(24)16-35-25/h5-8,11-12,14-17,23H,9-10,13H2,1-4H3,(H,32,34,37). The number of nitrogens with zero attached hydrogens (tertiary/aromatic N) is 7. The molecule has 0 radical (unpaired) electrons. The van der Waals surface area contributed by atoms with E-state index in [1.807, 2.05) is 32.9 Å². The number of fused-ring (bicyclic) bond motifs is 2. The lowest BCUT2D eigenvalue weighted by Crippen LogP contribution is -2.55. The number of ether oxygens (including phenoxy) is 3. The fraction of sp³-hybridized carbons (Fsp3) is 0.345. The number of piperidine rings is 1. The van der Waals surface area contributed by atoms with Crippen molar-refractivity contribution in [1.29, 1.82) is 0 Å². The zero-order valence-electron chi connectivity index (χ0n) is 23.6. The molecular formula is C29H30F2N8O3. The number of likely N-dealkylation sites (tertiary alicyclic amines) is 1. The molecule has 5 aromatic rings. The zero-order valence-corrected chi connectivity index (χ0v) is 23.6. The Morgan fingerprint density at radius 2 is 1.86 bits per heavy atom. The molecule has 0 bridgehead atoms. The highest BCUT2D eigenvalue weighted by molar-refractivity contribution is 5.97. The molecule has 1 saturated heterocycles. The van der Waals surface area contributed by atoms with Crippen LogP contribution in [0, 0.1) is 6.92 Å². The van der Waals surface area contributed by atoms with E-state index < -0.39 is 12.0 Å². The molecular weight excluding hydrogens is 546 g/mol. The Morgan fingerprint density at radius 1 is 1.02 bits per heavy atom. The molecule has 0 amide bonds. The summed E-state index contributed by atoms with van der Waals surface area (Å²) in [5, 5.41) is 7.78. The van der Waals surface area contributed by atoms with Crippen LogP contribution in [-0.4, -0.2) is 72.7 Å². The highest BCUT2D eigenvalue weighted by Crippen LogP contribution is 2.42. The Kier molecular flexibility index (Phi) is 7.19. The van der Waals surface area contributed by atoms with Gasteiger partial charge in [0, 0.05) is 30.8 Å². The van der Waals surface area contributed by atoms with Gasteiger partial charge in [-0.1, -0.05) is 0 Å². The number of halogens is 2. The van der Waals surface area contributed by atoms with Crippen molar-refractivity contribution in [1.82, 2.24) is 34.4 Å². The smallest absolute Gasteiger partial charge is 0.296 e. The quantitative estimate of drug-likeness (QED) is 0.257. The molecule has 13 heteroatoms. The first-order valence-electron chi connectivity index (χ1n) is 13.5. The van der Waals surface area contributed by atoms with Gasteiger partial charge >= 0.3 is 0 Å². The fourth-order valence-corrected chi connectivity index (χ4v) is 5.01. The number of methoxy groups -OCH3 is 1. The van der Waals surface area contributed by atoms with E-state index in [9.17, 15) is 0 Å². The van der Waals surface area contributed by atoms with Crippen LogP contribution in [-0.2, 0) is 0 Å². The van der Waals surface area contributed by atoms with Gasteiger partial charge in [-0.25, -0.2) is 33.2 Å². The number of benzene rings is 2. The molecule has 218 valence electrons. The predicted octanol–water partition coefficient (Wildman–Crippen LogP) is 5.42. The maximum absolute atomic E-state index is 15.3. The lowest BCUT2D eigenvalue weighted by Gasteiger charge is -2.40. The summed E-state index contributed by atoms with van der Waals surface area (Å²) >= 11 is 0. The topological polar surface area (TPSA) is 112 Å². The molecule has 1 unspecified atom stereocenters. The van der Waals surface area contributed by atoms with Gasteiger partial charge in [-0.05, 0) is 56.7 Å². The van der Waals surface area contributed by atoms with Crippen molar-refractivity contribution >= 4 is 28.1 Å². The van der Waals surface area contributed by atoms with E-state index in [1.54, 1.807) is 33.7 Å². The molecule has 1 aliphatic rings. The zero-order chi connectivity index (χ0) is 29.4. The second-order valence-electron chi connectivity index (χ2n) is 10.4. The second kappa shape index (κ2) is 11.0. The van der Waals surface area contributed by atoms with E-state index in [0.29, 0.717) is 52.0 Å². The van der Waals surface area contributed by atoms with Crippen molar-refractivity contribution in [3.05, 3.63) is 60.9 Å². The van der Waals surface area contributed by atoms with Crippen molar-refractivity contribution in [3.63, 3.8) is 0 Å². The molecule has 2 aromatic carbocycles. The molecule has 1 N–H and O–H groups in total. The van der Waals surface area contributed by atoms with Crippen LogP contribution in [0.15, 0.2) is 55.4 Å². The lowest BCUT2D eigenvalue weighted by molar-refractivity contribution is -0.144. The molecule has 42 heavy (non-hydrogen) atoms. The van der Waals surface area contributed by atoms with Crippen LogP contribution >= 0.6 is 0 Å². The fourth-order valence-electron chi connectivity index (χ4n) is 5.01. The SMILES string of the molecule is COc1ccc2ncnc(Nc3ccc(Oc4cc5ncnn5cn4)c(C)c3)c2c1OC1CCN(C(C)C)CC1(F)F. The first-order chi connectivity index (χ1) is 20.2. The van der Waals surface area contributed by atoms with Crippen LogP contribution in [0.25, 0.3) is 16.6 Å². The summed E-state index contributed by atoms with van der Waals surface area (Å²) in [5.41, 5.74) is 2.67. The number of anilines is 2. The molecule has 0 saturated carbocycles. The summed E-state index contributed by atoms with van der Waals surface area (Å²) in [7, 11) is 1.47. The van der Waals surface area contributed by atoms with Gasteiger partial charge in [-0.3, -0.25) is 4.90 Å². The predicted molar refractivity (Wildman–Crippen MR) is 152 cm³/mol. The third-order valence-corrected chi connectivity index (χ3v) is 7.29. The lowest BCUT2D eigenvalue weighted by atomic mass is 10.0. The largest absolute Gasteiger partial charge is 0.493 e. The van der Waals surface area contributed by atoms with Gasteiger partial charge in [-0.2, -0.15) is 5.10 Å². The van der Waals surface area contributed by atoms with E-state index in [0.717, 1.165) is 5.56 Å². The first kappa shape index (κ1) is 27.5. The van der Waals surface area contributed by atoms with Crippen LogP contribution < -0.4 is 19.5 Å². The van der Waals surface area contributed by atoms with Crippen molar-refractivity contribution < 1.29 is 23.0 Å². The molecule has 0 spiro atoms. The summed E-state index contributed by atoms with van der Waals surface area (Å²) in [5.74, 6) is -1.19. The third kappa shape index (κ3) is 5.34. The average molecular weight is 577 g/mol. The Labute approximate surface area is 240 Å². The molecule has 3 aromatic heterocycles. The molecule has 0 aliphatic carbocycles. The van der Waals surface area contributed by atoms with Gasteiger partial charge < -0.3 is 19.5 Å². The molecule has 6 rings (SSSR count). The summed E-state index contributed by atoms with van der Waals surface area (Å²) in [4.78, 5) is 19.0. The number of hydrogen-bond acceptors (Lipinski definition) is 10. The van der Waals surface area contributed by atoms with E-state index in [-0.39, 0.29) is 24.8 Å². The van der Waals surface area contributed by atoms with Gasteiger partial charge in [0.1, 0.15) is 30.5 Å². The third-order valence-electron chi connectivity index (χ3n) is 7.29. The van der Waals surface area contributed by atoms with Crippen LogP contribution in [0.5, 0.6) is 23.1 Å².